The number of aliphatic hydroxyl groups excluding tert-OH is 7. The van der Waals surface area contributed by atoms with Gasteiger partial charge in [0.15, 0.2) is 12.6 Å². The number of hydrogen-bond donors (Lipinski definition) is 13. The highest BCUT2D eigenvalue weighted by Crippen LogP contribution is 2.32. The molecule has 2 heterocycles. The van der Waals surface area contributed by atoms with Gasteiger partial charge in [0.1, 0.15) is 36.6 Å². The van der Waals surface area contributed by atoms with Crippen molar-refractivity contribution in [2.45, 2.75) is 123 Å². The topological polar surface area (TPSA) is 307 Å². The molecule has 0 spiro atoms. The first kappa shape index (κ1) is 35.2. The highest BCUT2D eigenvalue weighted by Gasteiger charge is 2.51. The van der Waals surface area contributed by atoms with Crippen molar-refractivity contribution >= 4 is 0 Å². The quantitative estimate of drug-likeness (QED) is 0.0905. The highest BCUT2D eigenvalue weighted by molar-refractivity contribution is 5.03. The molecular weight excluding hydrogens is 572 g/mol. The number of nitrogens with one attached hydrogen (secondary N) is 2. The lowest BCUT2D eigenvalue weighted by Crippen LogP contribution is -2.69. The summed E-state index contributed by atoms with van der Waals surface area (Å²) in [5.74, 6) is 0.479. The first-order valence-electron chi connectivity index (χ1n) is 15.1. The van der Waals surface area contributed by atoms with Crippen LogP contribution in [0, 0.1) is 5.92 Å². The first-order chi connectivity index (χ1) is 20.5. The van der Waals surface area contributed by atoms with E-state index in [1.54, 1.807) is 0 Å². The molecule has 0 aromatic carbocycles. The molecule has 17 heteroatoms. The van der Waals surface area contributed by atoms with Crippen LogP contribution in [0.15, 0.2) is 0 Å². The van der Waals surface area contributed by atoms with Gasteiger partial charge in [-0.3, -0.25) is 0 Å². The summed E-state index contributed by atoms with van der Waals surface area (Å²) < 4.78 is 23.8. The van der Waals surface area contributed by atoms with Crippen LogP contribution in [0.2, 0.25) is 0 Å². The van der Waals surface area contributed by atoms with Crippen molar-refractivity contribution < 1.29 is 54.7 Å². The predicted octanol–water partition coefficient (Wildman–Crippen LogP) is -6.94. The van der Waals surface area contributed by atoms with Gasteiger partial charge in [-0.15, -0.1) is 0 Å². The van der Waals surface area contributed by atoms with Crippen LogP contribution in [0.25, 0.3) is 0 Å². The summed E-state index contributed by atoms with van der Waals surface area (Å²) in [5.41, 5.74) is 24.5. The van der Waals surface area contributed by atoms with Crippen molar-refractivity contribution in [2.24, 2.45) is 28.9 Å². The van der Waals surface area contributed by atoms with Crippen molar-refractivity contribution in [2.75, 3.05) is 32.9 Å². The van der Waals surface area contributed by atoms with Crippen LogP contribution in [0.5, 0.6) is 0 Å². The second kappa shape index (κ2) is 15.7. The summed E-state index contributed by atoms with van der Waals surface area (Å²) in [6, 6.07) is -4.05. The Labute approximate surface area is 250 Å². The summed E-state index contributed by atoms with van der Waals surface area (Å²) in [7, 11) is 0. The smallest absolute Gasteiger partial charge is 0.186 e. The van der Waals surface area contributed by atoms with E-state index in [4.69, 9.17) is 41.9 Å². The van der Waals surface area contributed by atoms with E-state index in [1.807, 2.05) is 0 Å². The van der Waals surface area contributed by atoms with Crippen LogP contribution < -0.4 is 33.6 Å². The lowest BCUT2D eigenvalue weighted by atomic mass is 9.81. The minimum absolute atomic E-state index is 0.128. The van der Waals surface area contributed by atoms with Crippen LogP contribution in [-0.4, -0.2) is 166 Å². The fraction of sp³-hybridized carbons (Fsp3) is 1.00. The average Bonchev–Trinajstić information content (AvgIpc) is 2.96. The molecule has 14 atom stereocenters. The molecule has 0 radical (unpaired) electrons. The summed E-state index contributed by atoms with van der Waals surface area (Å²) in [4.78, 5) is 0. The van der Waals surface area contributed by atoms with E-state index in [-0.39, 0.29) is 18.9 Å². The number of nitrogens with two attached hydrogens (primary N) is 4. The molecule has 4 rings (SSSR count). The van der Waals surface area contributed by atoms with Gasteiger partial charge in [-0.25, -0.2) is 0 Å². The first-order valence-corrected chi connectivity index (χ1v) is 15.1. The molecule has 43 heavy (non-hydrogen) atoms. The molecule has 2 saturated heterocycles. The summed E-state index contributed by atoms with van der Waals surface area (Å²) in [6.45, 7) is -0.347. The lowest BCUT2D eigenvalue weighted by Gasteiger charge is -2.49. The lowest BCUT2D eigenvalue weighted by molar-refractivity contribution is -0.316. The molecule has 2 aliphatic carbocycles. The third-order valence-electron chi connectivity index (χ3n) is 9.08. The van der Waals surface area contributed by atoms with Crippen molar-refractivity contribution in [3.63, 3.8) is 0 Å². The molecule has 1 unspecified atom stereocenters. The van der Waals surface area contributed by atoms with E-state index < -0.39 is 111 Å². The van der Waals surface area contributed by atoms with Crippen molar-refractivity contribution in [1.29, 1.82) is 0 Å². The maximum absolute atomic E-state index is 11.5. The Morgan fingerprint density at radius 1 is 0.721 bits per heavy atom. The van der Waals surface area contributed by atoms with Gasteiger partial charge in [0.25, 0.3) is 0 Å². The zero-order chi connectivity index (χ0) is 31.4. The Kier molecular flexibility index (Phi) is 12.9. The van der Waals surface area contributed by atoms with Gasteiger partial charge < -0.3 is 88.3 Å². The standard InChI is InChI=1S/C26H52N6O11/c27-11-1-10(2-11)5-31-6-17-16(36)4-14(29)25(40-17)42-23-13(28)3-15(32-12(7-33)8-34)24(22(23)39)43-26-21(38)19(30)20(37)18(9-35)41-26/h10-26,31-39H,1-9,27-30H2/t10?,11?,13-,14+,15+,16-,17+,18+,19-,20+,21+,22-,23?,24-,25+,26+/m0/s1. The van der Waals surface area contributed by atoms with Crippen molar-refractivity contribution in [1.82, 2.24) is 10.6 Å². The predicted molar refractivity (Wildman–Crippen MR) is 150 cm³/mol. The molecule has 17 N–H and O–H groups in total. The van der Waals surface area contributed by atoms with Crippen LogP contribution in [0.1, 0.15) is 25.7 Å². The molecule has 0 bridgehead atoms. The van der Waals surface area contributed by atoms with Gasteiger partial charge in [0.05, 0.1) is 50.2 Å². The third-order valence-corrected chi connectivity index (χ3v) is 9.08. The van der Waals surface area contributed by atoms with Gasteiger partial charge in [0, 0.05) is 24.7 Å². The third kappa shape index (κ3) is 8.38. The molecule has 0 amide bonds. The van der Waals surface area contributed by atoms with Gasteiger partial charge in [-0.1, -0.05) is 0 Å². The maximum atomic E-state index is 11.5. The fourth-order valence-corrected chi connectivity index (χ4v) is 6.37. The Bertz CT molecular complexity index is 843. The normalized spacial score (nSPS) is 47.4. The Hall–Kier alpha value is -0.680. The zero-order valence-corrected chi connectivity index (χ0v) is 24.3. The van der Waals surface area contributed by atoms with Crippen molar-refractivity contribution in [3.05, 3.63) is 0 Å². The Morgan fingerprint density at radius 2 is 1.37 bits per heavy atom. The summed E-state index contributed by atoms with van der Waals surface area (Å²) >= 11 is 0. The highest BCUT2D eigenvalue weighted by atomic mass is 16.7. The maximum Gasteiger partial charge on any atom is 0.186 e. The zero-order valence-electron chi connectivity index (χ0n) is 24.3. The average molecular weight is 625 g/mol. The molecule has 4 aliphatic rings. The second-order valence-corrected chi connectivity index (χ2v) is 12.5. The van der Waals surface area contributed by atoms with Gasteiger partial charge in [-0.2, -0.15) is 0 Å². The van der Waals surface area contributed by atoms with E-state index in [1.165, 1.54) is 0 Å². The summed E-state index contributed by atoms with van der Waals surface area (Å²) in [5, 5.41) is 78.3. The van der Waals surface area contributed by atoms with Gasteiger partial charge in [0.2, 0.25) is 0 Å². The van der Waals surface area contributed by atoms with E-state index in [0.717, 1.165) is 19.4 Å². The van der Waals surface area contributed by atoms with Gasteiger partial charge in [-0.05, 0) is 38.1 Å². The van der Waals surface area contributed by atoms with Crippen LogP contribution >= 0.6 is 0 Å². The van der Waals surface area contributed by atoms with E-state index >= 15 is 0 Å². The minimum Gasteiger partial charge on any atom is -0.395 e. The SMILES string of the molecule is NC1CC(CNC[C@H]2O[C@H](OC3[C@@H](N)C[C@@H](NC(CO)CO)[C@H](O[C@H]4O[C@H](CO)[C@@H](O)[C@H](N)[C@H]4O)[C@H]3O)[C@H](N)C[C@@H]2O)C1. The molecular formula is C26H52N6O11. The second-order valence-electron chi connectivity index (χ2n) is 12.5. The molecule has 0 aromatic heterocycles. The number of hydrogen-bond acceptors (Lipinski definition) is 17. The van der Waals surface area contributed by atoms with E-state index in [2.05, 4.69) is 10.6 Å². The van der Waals surface area contributed by atoms with Crippen LogP contribution in [0.4, 0.5) is 0 Å². The molecule has 17 nitrogen and oxygen atoms in total. The number of aliphatic hydroxyl groups is 7. The Morgan fingerprint density at radius 3 is 2.00 bits per heavy atom. The largest absolute Gasteiger partial charge is 0.395 e. The molecule has 252 valence electrons. The molecule has 2 aliphatic heterocycles. The molecule has 4 fully saturated rings. The molecule has 2 saturated carbocycles. The van der Waals surface area contributed by atoms with E-state index in [0.29, 0.717) is 12.5 Å². The Balaban J connectivity index is 1.45. The minimum atomic E-state index is -1.52. The fourth-order valence-electron chi connectivity index (χ4n) is 6.37. The number of rotatable bonds is 13. The van der Waals surface area contributed by atoms with Crippen molar-refractivity contribution in [3.8, 4) is 0 Å². The monoisotopic (exact) mass is 624 g/mol. The van der Waals surface area contributed by atoms with Crippen LogP contribution in [0.3, 0.4) is 0 Å². The van der Waals surface area contributed by atoms with Gasteiger partial charge >= 0.3 is 0 Å². The van der Waals surface area contributed by atoms with Crippen LogP contribution in [-0.2, 0) is 18.9 Å². The number of ether oxygens (including phenoxy) is 4. The molecule has 0 aromatic rings. The van der Waals surface area contributed by atoms with E-state index in [9.17, 15) is 35.7 Å². The summed E-state index contributed by atoms with van der Waals surface area (Å²) in [6.07, 6.45) is -9.52.